The van der Waals surface area contributed by atoms with Gasteiger partial charge in [0.15, 0.2) is 5.75 Å². The molecule has 2 aromatic carbocycles. The molecule has 0 aliphatic heterocycles. The Morgan fingerprint density at radius 1 is 1.00 bits per heavy atom. The first-order valence-corrected chi connectivity index (χ1v) is 7.85. The van der Waals surface area contributed by atoms with Gasteiger partial charge in [-0.15, -0.1) is 0 Å². The van der Waals surface area contributed by atoms with Crippen LogP contribution < -0.4 is 4.74 Å². The Bertz CT molecular complexity index is 811. The van der Waals surface area contributed by atoms with Crippen LogP contribution in [0.4, 0.5) is 0 Å². The van der Waals surface area contributed by atoms with Crippen LogP contribution >= 0.6 is 31.9 Å². The number of pyridine rings is 1. The number of aromatic nitrogens is 1. The molecule has 3 rings (SSSR count). The average Bonchev–Trinajstić information content (AvgIpc) is 2.43. The van der Waals surface area contributed by atoms with Gasteiger partial charge in [0.05, 0.1) is 14.5 Å². The Morgan fingerprint density at radius 2 is 1.71 bits per heavy atom. The molecule has 0 saturated heterocycles. The molecule has 1 N–H and O–H groups in total. The van der Waals surface area contributed by atoms with Gasteiger partial charge in [-0.1, -0.05) is 6.07 Å². The van der Waals surface area contributed by atoms with Crippen molar-refractivity contribution in [3.63, 3.8) is 0 Å². The Labute approximate surface area is 138 Å². The maximum atomic E-state index is 9.53. The van der Waals surface area contributed by atoms with Gasteiger partial charge in [-0.2, -0.15) is 0 Å². The summed E-state index contributed by atoms with van der Waals surface area (Å²) in [4.78, 5) is 4.46. The largest absolute Gasteiger partial charge is 0.508 e. The zero-order valence-corrected chi connectivity index (χ0v) is 14.3. The number of aromatic hydroxyl groups is 1. The monoisotopic (exact) mass is 407 g/mol. The van der Waals surface area contributed by atoms with Crippen LogP contribution in [0.5, 0.6) is 17.2 Å². The molecule has 1 heterocycles. The van der Waals surface area contributed by atoms with E-state index in [2.05, 4.69) is 36.8 Å². The predicted molar refractivity (Wildman–Crippen MR) is 90.1 cm³/mol. The molecule has 106 valence electrons. The molecular weight excluding hydrogens is 398 g/mol. The number of fused-ring (bicyclic) bond motifs is 1. The van der Waals surface area contributed by atoms with E-state index in [0.717, 1.165) is 16.6 Å². The second-order valence-electron chi connectivity index (χ2n) is 4.65. The van der Waals surface area contributed by atoms with E-state index in [9.17, 15) is 5.11 Å². The topological polar surface area (TPSA) is 42.4 Å². The highest BCUT2D eigenvalue weighted by Crippen LogP contribution is 2.39. The fourth-order valence-electron chi connectivity index (χ4n) is 2.03. The van der Waals surface area contributed by atoms with E-state index in [1.165, 1.54) is 0 Å². The van der Waals surface area contributed by atoms with Crippen LogP contribution in [-0.2, 0) is 0 Å². The highest BCUT2D eigenvalue weighted by Gasteiger charge is 2.10. The summed E-state index contributed by atoms with van der Waals surface area (Å²) in [6, 6.07) is 12.9. The molecule has 0 saturated carbocycles. The first kappa shape index (κ1) is 14.4. The molecule has 3 nitrogen and oxygen atoms in total. The molecule has 5 heteroatoms. The predicted octanol–water partition coefficient (Wildman–Crippen LogP) is 5.57. The van der Waals surface area contributed by atoms with E-state index in [1.54, 1.807) is 12.1 Å². The smallest absolute Gasteiger partial charge is 0.156 e. The number of benzene rings is 2. The molecule has 0 unspecified atom stereocenters. The number of nitrogens with zero attached hydrogens (tertiary/aromatic N) is 1. The lowest BCUT2D eigenvalue weighted by Crippen LogP contribution is -1.89. The SMILES string of the molecule is Cc1ccc2cc(Oc3c(Br)cc(O)cc3Br)ccc2n1. The number of halogens is 2. The number of hydrogen-bond donors (Lipinski definition) is 1. The summed E-state index contributed by atoms with van der Waals surface area (Å²) in [6.45, 7) is 1.97. The number of hydrogen-bond acceptors (Lipinski definition) is 3. The van der Waals surface area contributed by atoms with E-state index >= 15 is 0 Å². The molecular formula is C16H11Br2NO2. The zero-order chi connectivity index (χ0) is 15.0. The van der Waals surface area contributed by atoms with Gasteiger partial charge in [-0.25, -0.2) is 0 Å². The second-order valence-corrected chi connectivity index (χ2v) is 6.36. The maximum absolute atomic E-state index is 9.53. The van der Waals surface area contributed by atoms with Crippen LogP contribution in [0.25, 0.3) is 10.9 Å². The minimum atomic E-state index is 0.166. The Kier molecular flexibility index (Phi) is 3.87. The fourth-order valence-corrected chi connectivity index (χ4v) is 3.36. The normalized spacial score (nSPS) is 10.8. The first-order valence-electron chi connectivity index (χ1n) is 6.26. The minimum Gasteiger partial charge on any atom is -0.508 e. The third kappa shape index (κ3) is 3.04. The maximum Gasteiger partial charge on any atom is 0.156 e. The van der Waals surface area contributed by atoms with Crippen molar-refractivity contribution in [2.45, 2.75) is 6.92 Å². The van der Waals surface area contributed by atoms with Crippen molar-refractivity contribution in [3.8, 4) is 17.2 Å². The van der Waals surface area contributed by atoms with Crippen LogP contribution in [0, 0.1) is 6.92 Å². The van der Waals surface area contributed by atoms with Crippen LogP contribution in [-0.4, -0.2) is 10.1 Å². The molecule has 21 heavy (non-hydrogen) atoms. The second kappa shape index (κ2) is 5.66. The van der Waals surface area contributed by atoms with Crippen molar-refractivity contribution in [1.29, 1.82) is 0 Å². The van der Waals surface area contributed by atoms with E-state index in [-0.39, 0.29) is 5.75 Å². The van der Waals surface area contributed by atoms with Crippen molar-refractivity contribution >= 4 is 42.8 Å². The van der Waals surface area contributed by atoms with E-state index in [0.29, 0.717) is 20.4 Å². The Hall–Kier alpha value is -1.59. The summed E-state index contributed by atoms with van der Waals surface area (Å²) >= 11 is 6.77. The standard InChI is InChI=1S/C16H11Br2NO2/c1-9-2-3-10-6-12(4-5-15(10)19-9)21-16-13(17)7-11(20)8-14(16)18/h2-8,20H,1H3. The summed E-state index contributed by atoms with van der Waals surface area (Å²) < 4.78 is 7.26. The Morgan fingerprint density at radius 3 is 2.43 bits per heavy atom. The van der Waals surface area contributed by atoms with Crippen LogP contribution in [0.15, 0.2) is 51.4 Å². The van der Waals surface area contributed by atoms with E-state index in [4.69, 9.17) is 4.74 Å². The van der Waals surface area contributed by atoms with Gasteiger partial charge in [0.25, 0.3) is 0 Å². The molecule has 0 radical (unpaired) electrons. The van der Waals surface area contributed by atoms with Gasteiger partial charge in [0.1, 0.15) is 11.5 Å². The van der Waals surface area contributed by atoms with Crippen molar-refractivity contribution in [3.05, 3.63) is 57.1 Å². The van der Waals surface area contributed by atoms with Crippen LogP contribution in [0.3, 0.4) is 0 Å². The summed E-state index contributed by atoms with van der Waals surface area (Å²) in [5.41, 5.74) is 1.92. The van der Waals surface area contributed by atoms with Crippen LogP contribution in [0.1, 0.15) is 5.69 Å². The zero-order valence-electron chi connectivity index (χ0n) is 11.1. The highest BCUT2D eigenvalue weighted by molar-refractivity contribution is 9.11. The summed E-state index contributed by atoms with van der Waals surface area (Å²) in [7, 11) is 0. The third-order valence-electron chi connectivity index (χ3n) is 3.00. The molecule has 0 fully saturated rings. The number of phenolic OH excluding ortho intramolecular Hbond substituents is 1. The number of ether oxygens (including phenoxy) is 1. The first-order chi connectivity index (χ1) is 10.0. The molecule has 1 aromatic heterocycles. The highest BCUT2D eigenvalue weighted by atomic mass is 79.9. The average molecular weight is 409 g/mol. The third-order valence-corrected chi connectivity index (χ3v) is 4.18. The van der Waals surface area contributed by atoms with Crippen molar-refractivity contribution in [1.82, 2.24) is 4.98 Å². The molecule has 0 aliphatic rings. The van der Waals surface area contributed by atoms with Gasteiger partial charge < -0.3 is 9.84 Å². The summed E-state index contributed by atoms with van der Waals surface area (Å²) in [5, 5.41) is 10.5. The molecule has 0 amide bonds. The molecule has 0 atom stereocenters. The quantitative estimate of drug-likeness (QED) is 0.602. The number of aryl methyl sites for hydroxylation is 1. The fraction of sp³-hybridized carbons (Fsp3) is 0.0625. The van der Waals surface area contributed by atoms with Gasteiger partial charge in [0, 0.05) is 11.1 Å². The molecule has 0 bridgehead atoms. The molecule has 0 spiro atoms. The van der Waals surface area contributed by atoms with Crippen molar-refractivity contribution in [2.75, 3.05) is 0 Å². The number of rotatable bonds is 2. The van der Waals surface area contributed by atoms with E-state index in [1.807, 2.05) is 37.3 Å². The Balaban J connectivity index is 2.00. The lowest BCUT2D eigenvalue weighted by molar-refractivity contribution is 0.460. The van der Waals surface area contributed by atoms with Gasteiger partial charge in [-0.05, 0) is 75.2 Å². The lowest BCUT2D eigenvalue weighted by atomic mass is 10.2. The van der Waals surface area contributed by atoms with Crippen molar-refractivity contribution < 1.29 is 9.84 Å². The minimum absolute atomic E-state index is 0.166. The van der Waals surface area contributed by atoms with E-state index < -0.39 is 0 Å². The van der Waals surface area contributed by atoms with Gasteiger partial charge in [0.2, 0.25) is 0 Å². The summed E-state index contributed by atoms with van der Waals surface area (Å²) in [5.74, 6) is 1.49. The number of phenols is 1. The van der Waals surface area contributed by atoms with Crippen LogP contribution in [0.2, 0.25) is 0 Å². The van der Waals surface area contributed by atoms with Gasteiger partial charge in [-0.3, -0.25) is 4.98 Å². The molecule has 3 aromatic rings. The molecule has 0 aliphatic carbocycles. The lowest BCUT2D eigenvalue weighted by Gasteiger charge is -2.11. The van der Waals surface area contributed by atoms with Gasteiger partial charge >= 0.3 is 0 Å². The summed E-state index contributed by atoms with van der Waals surface area (Å²) in [6.07, 6.45) is 0. The van der Waals surface area contributed by atoms with Crippen molar-refractivity contribution in [2.24, 2.45) is 0 Å².